The van der Waals surface area contributed by atoms with Crippen molar-refractivity contribution >= 4 is 21.4 Å². The van der Waals surface area contributed by atoms with E-state index in [9.17, 15) is 8.42 Å². The maximum atomic E-state index is 12.5. The van der Waals surface area contributed by atoms with Gasteiger partial charge in [0.05, 0.1) is 4.90 Å². The highest BCUT2D eigenvalue weighted by atomic mass is 32.2. The van der Waals surface area contributed by atoms with Gasteiger partial charge in [0.1, 0.15) is 0 Å². The summed E-state index contributed by atoms with van der Waals surface area (Å²) in [7, 11) is -3.36. The minimum atomic E-state index is -3.36. The van der Waals surface area contributed by atoms with Crippen LogP contribution >= 0.6 is 11.3 Å². The Labute approximate surface area is 131 Å². The van der Waals surface area contributed by atoms with Crippen LogP contribution in [0.5, 0.6) is 0 Å². The van der Waals surface area contributed by atoms with E-state index in [-0.39, 0.29) is 0 Å². The Morgan fingerprint density at radius 1 is 1.38 bits per heavy atom. The first-order chi connectivity index (χ1) is 10.1. The molecule has 0 aromatic carbocycles. The Morgan fingerprint density at radius 2 is 2.14 bits per heavy atom. The third kappa shape index (κ3) is 3.50. The Balaban J connectivity index is 1.63. The number of hydrogen-bond donors (Lipinski definition) is 2. The predicted octanol–water partition coefficient (Wildman–Crippen LogP) is 2.72. The van der Waals surface area contributed by atoms with E-state index in [1.165, 1.54) is 37.0 Å². The van der Waals surface area contributed by atoms with Gasteiger partial charge in [-0.15, -0.1) is 11.3 Å². The predicted molar refractivity (Wildman–Crippen MR) is 85.9 cm³/mol. The second-order valence-corrected chi connectivity index (χ2v) is 9.08. The molecule has 0 unspecified atom stereocenters. The van der Waals surface area contributed by atoms with Crippen LogP contribution in [-0.4, -0.2) is 21.5 Å². The fraction of sp³-hybridized carbons (Fsp3) is 0.733. The Bertz CT molecular complexity index is 587. The molecule has 0 amide bonds. The summed E-state index contributed by atoms with van der Waals surface area (Å²) >= 11 is 1.51. The highest BCUT2D eigenvalue weighted by molar-refractivity contribution is 7.89. The van der Waals surface area contributed by atoms with E-state index in [1.807, 2.05) is 5.38 Å². The van der Waals surface area contributed by atoms with Crippen LogP contribution in [0.1, 0.15) is 43.9 Å². The van der Waals surface area contributed by atoms with Gasteiger partial charge in [-0.05, 0) is 61.4 Å². The average molecular weight is 329 g/mol. The highest BCUT2D eigenvalue weighted by Crippen LogP contribution is 2.60. The third-order valence-corrected chi connectivity index (χ3v) is 7.19. The molecule has 2 aliphatic carbocycles. The third-order valence-electron chi connectivity index (χ3n) is 4.66. The Hall–Kier alpha value is -0.430. The molecule has 2 fully saturated rings. The van der Waals surface area contributed by atoms with Crippen LogP contribution in [-0.2, 0) is 16.6 Å². The van der Waals surface area contributed by atoms with Crippen LogP contribution in [0.25, 0.3) is 0 Å². The molecule has 1 aromatic heterocycles. The quantitative estimate of drug-likeness (QED) is 0.685. The van der Waals surface area contributed by atoms with Crippen molar-refractivity contribution in [3.05, 3.63) is 16.3 Å². The van der Waals surface area contributed by atoms with Crippen LogP contribution in [0.3, 0.4) is 0 Å². The first-order valence-corrected chi connectivity index (χ1v) is 10.2. The standard InChI is InChI=1S/C15H24N2O2S2/c1-2-8-16-10-13-14(5-9-20-13)21(18,19)17-11-15(6-7-15)12-3-4-12/h5,9,12,16-17H,2-4,6-8,10-11H2,1H3. The monoisotopic (exact) mass is 328 g/mol. The molecular formula is C15H24N2O2S2. The molecule has 1 aromatic rings. The lowest BCUT2D eigenvalue weighted by Gasteiger charge is -2.15. The average Bonchev–Trinajstić information content (AvgIpc) is 3.35. The number of hydrogen-bond acceptors (Lipinski definition) is 4. The second-order valence-electron chi connectivity index (χ2n) is 6.35. The molecule has 2 N–H and O–H groups in total. The minimum Gasteiger partial charge on any atom is -0.312 e. The van der Waals surface area contributed by atoms with Gasteiger partial charge in [0.25, 0.3) is 0 Å². The summed E-state index contributed by atoms with van der Waals surface area (Å²) < 4.78 is 27.9. The molecule has 21 heavy (non-hydrogen) atoms. The molecule has 0 spiro atoms. The summed E-state index contributed by atoms with van der Waals surface area (Å²) in [6.45, 7) is 4.27. The first-order valence-electron chi connectivity index (χ1n) is 7.84. The molecule has 0 saturated heterocycles. The van der Waals surface area contributed by atoms with E-state index in [1.54, 1.807) is 6.07 Å². The van der Waals surface area contributed by atoms with Crippen molar-refractivity contribution in [1.82, 2.24) is 10.0 Å². The minimum absolute atomic E-state index is 0.295. The molecule has 0 aliphatic heterocycles. The van der Waals surface area contributed by atoms with E-state index in [0.717, 1.165) is 23.8 Å². The molecule has 6 heteroatoms. The smallest absolute Gasteiger partial charge is 0.241 e. The number of nitrogens with one attached hydrogen (secondary N) is 2. The van der Waals surface area contributed by atoms with Crippen molar-refractivity contribution in [2.75, 3.05) is 13.1 Å². The van der Waals surface area contributed by atoms with E-state index in [4.69, 9.17) is 0 Å². The lowest BCUT2D eigenvalue weighted by Crippen LogP contribution is -2.31. The van der Waals surface area contributed by atoms with Crippen LogP contribution in [0.2, 0.25) is 0 Å². The summed E-state index contributed by atoms with van der Waals surface area (Å²) in [6.07, 6.45) is 6.00. The lowest BCUT2D eigenvalue weighted by molar-refractivity contribution is 0.431. The number of sulfonamides is 1. The van der Waals surface area contributed by atoms with Gasteiger partial charge in [-0.3, -0.25) is 0 Å². The van der Waals surface area contributed by atoms with Gasteiger partial charge in [-0.1, -0.05) is 6.92 Å². The van der Waals surface area contributed by atoms with Gasteiger partial charge in [0, 0.05) is 18.0 Å². The zero-order valence-corrected chi connectivity index (χ0v) is 14.2. The van der Waals surface area contributed by atoms with Crippen molar-refractivity contribution in [1.29, 1.82) is 0 Å². The molecule has 2 aliphatic rings. The van der Waals surface area contributed by atoms with Crippen molar-refractivity contribution < 1.29 is 8.42 Å². The van der Waals surface area contributed by atoms with Gasteiger partial charge in [-0.25, -0.2) is 13.1 Å². The zero-order chi connectivity index (χ0) is 14.9. The van der Waals surface area contributed by atoms with E-state index in [0.29, 0.717) is 23.4 Å². The highest BCUT2D eigenvalue weighted by Gasteiger charge is 2.53. The van der Waals surface area contributed by atoms with Gasteiger partial charge in [0.15, 0.2) is 0 Å². The lowest BCUT2D eigenvalue weighted by atomic mass is 10.0. The maximum absolute atomic E-state index is 12.5. The zero-order valence-electron chi connectivity index (χ0n) is 12.5. The van der Waals surface area contributed by atoms with Crippen LogP contribution in [0.4, 0.5) is 0 Å². The second kappa shape index (κ2) is 5.99. The Morgan fingerprint density at radius 3 is 2.76 bits per heavy atom. The fourth-order valence-corrected chi connectivity index (χ4v) is 5.53. The number of rotatable bonds is 9. The summed E-state index contributed by atoms with van der Waals surface area (Å²) in [5, 5.41) is 5.15. The summed E-state index contributed by atoms with van der Waals surface area (Å²) in [5.74, 6) is 0.772. The van der Waals surface area contributed by atoms with Crippen molar-refractivity contribution in [3.63, 3.8) is 0 Å². The largest absolute Gasteiger partial charge is 0.312 e. The number of thiophene rings is 1. The molecule has 4 nitrogen and oxygen atoms in total. The Kier molecular flexibility index (Phi) is 4.41. The molecule has 0 radical (unpaired) electrons. The molecule has 2 saturated carbocycles. The molecule has 118 valence electrons. The van der Waals surface area contributed by atoms with Crippen LogP contribution < -0.4 is 10.0 Å². The van der Waals surface area contributed by atoms with E-state index >= 15 is 0 Å². The maximum Gasteiger partial charge on any atom is 0.241 e. The first kappa shape index (κ1) is 15.5. The van der Waals surface area contributed by atoms with Gasteiger partial charge < -0.3 is 5.32 Å². The van der Waals surface area contributed by atoms with Gasteiger partial charge in [-0.2, -0.15) is 0 Å². The topological polar surface area (TPSA) is 58.2 Å². The molecule has 3 rings (SSSR count). The molecule has 0 atom stereocenters. The SMILES string of the molecule is CCCNCc1sccc1S(=O)(=O)NCC1(C2CC2)CC1. The normalized spacial score (nSPS) is 20.6. The van der Waals surface area contributed by atoms with Gasteiger partial charge >= 0.3 is 0 Å². The summed E-state index contributed by atoms with van der Waals surface area (Å²) in [6, 6.07) is 1.73. The van der Waals surface area contributed by atoms with Crippen molar-refractivity contribution in [2.24, 2.45) is 11.3 Å². The summed E-state index contributed by atoms with van der Waals surface area (Å²) in [5.41, 5.74) is 0.295. The fourth-order valence-electron chi connectivity index (χ4n) is 2.98. The van der Waals surface area contributed by atoms with Crippen LogP contribution in [0, 0.1) is 11.3 Å². The van der Waals surface area contributed by atoms with E-state index in [2.05, 4.69) is 17.0 Å². The van der Waals surface area contributed by atoms with Gasteiger partial charge in [0.2, 0.25) is 10.0 Å². The van der Waals surface area contributed by atoms with Crippen molar-refractivity contribution in [2.45, 2.75) is 50.5 Å². The summed E-state index contributed by atoms with van der Waals surface area (Å²) in [4.78, 5) is 1.37. The molecule has 1 heterocycles. The van der Waals surface area contributed by atoms with Crippen molar-refractivity contribution in [3.8, 4) is 0 Å². The van der Waals surface area contributed by atoms with E-state index < -0.39 is 10.0 Å². The molecular weight excluding hydrogens is 304 g/mol. The molecule has 0 bridgehead atoms. The van der Waals surface area contributed by atoms with Crippen LogP contribution in [0.15, 0.2) is 16.3 Å².